The standard InChI is InChI=1S/C28H27ClN2O6/c1-28(2)14-23-20(24(33)15-28)13-21(26(35)31(23)18-8-6-17(29)7-9-18)25(34)30-22(27(36)37-3)12-16-4-10-19(32)11-5-16/h4-11,13,22,32H,12,14-15H2,1-3H3,(H,30,34). The number of ether oxygens (including phenoxy) is 1. The first kappa shape index (κ1) is 26.2. The molecule has 3 aromatic rings. The fraction of sp³-hybridized carbons (Fsp3) is 0.286. The number of aromatic hydroxyl groups is 1. The molecule has 9 heteroatoms. The van der Waals surface area contributed by atoms with E-state index >= 15 is 0 Å². The number of methoxy groups -OCH3 is 1. The predicted molar refractivity (Wildman–Crippen MR) is 139 cm³/mol. The van der Waals surface area contributed by atoms with Crippen LogP contribution >= 0.6 is 11.6 Å². The van der Waals surface area contributed by atoms with Crippen LogP contribution in [0.1, 0.15) is 52.2 Å². The van der Waals surface area contributed by atoms with Crippen LogP contribution in [0.4, 0.5) is 0 Å². The fourth-order valence-corrected chi connectivity index (χ4v) is 4.71. The molecule has 1 aliphatic carbocycles. The Hall–Kier alpha value is -3.91. The van der Waals surface area contributed by atoms with Gasteiger partial charge in [0, 0.05) is 34.8 Å². The van der Waals surface area contributed by atoms with Gasteiger partial charge in [0.25, 0.3) is 11.5 Å². The molecule has 0 spiro atoms. The summed E-state index contributed by atoms with van der Waals surface area (Å²) in [6.45, 7) is 3.91. The SMILES string of the molecule is COC(=O)C(Cc1ccc(O)cc1)NC(=O)c1cc2c(n(-c3ccc(Cl)cc3)c1=O)CC(C)(C)CC2=O. The molecule has 1 amide bonds. The molecule has 2 N–H and O–H groups in total. The second-order valence-electron chi connectivity index (χ2n) is 9.90. The van der Waals surface area contributed by atoms with Gasteiger partial charge in [-0.25, -0.2) is 4.79 Å². The van der Waals surface area contributed by atoms with Gasteiger partial charge in [0.15, 0.2) is 5.78 Å². The summed E-state index contributed by atoms with van der Waals surface area (Å²) in [4.78, 5) is 52.7. The highest BCUT2D eigenvalue weighted by molar-refractivity contribution is 6.30. The number of esters is 1. The highest BCUT2D eigenvalue weighted by atomic mass is 35.5. The van der Waals surface area contributed by atoms with Gasteiger partial charge >= 0.3 is 5.97 Å². The number of phenols is 1. The minimum absolute atomic E-state index is 0.0621. The van der Waals surface area contributed by atoms with Crippen molar-refractivity contribution >= 4 is 29.3 Å². The van der Waals surface area contributed by atoms with Crippen LogP contribution in [-0.2, 0) is 22.4 Å². The number of hydrogen-bond donors (Lipinski definition) is 2. The van der Waals surface area contributed by atoms with Gasteiger partial charge < -0.3 is 15.2 Å². The molecule has 0 saturated carbocycles. The highest BCUT2D eigenvalue weighted by Gasteiger charge is 2.35. The number of ketones is 1. The lowest BCUT2D eigenvalue weighted by atomic mass is 9.75. The van der Waals surface area contributed by atoms with Crippen LogP contribution in [-0.4, -0.2) is 40.5 Å². The zero-order valence-corrected chi connectivity index (χ0v) is 21.5. The summed E-state index contributed by atoms with van der Waals surface area (Å²) >= 11 is 6.05. The number of benzene rings is 2. The van der Waals surface area contributed by atoms with E-state index in [1.807, 2.05) is 13.8 Å². The van der Waals surface area contributed by atoms with Crippen LogP contribution in [0.15, 0.2) is 59.4 Å². The minimum Gasteiger partial charge on any atom is -0.508 e. The molecule has 0 bridgehead atoms. The van der Waals surface area contributed by atoms with E-state index in [-0.39, 0.29) is 35.4 Å². The zero-order valence-electron chi connectivity index (χ0n) is 20.7. The normalized spacial score (nSPS) is 15.0. The van der Waals surface area contributed by atoms with Crippen molar-refractivity contribution in [1.82, 2.24) is 9.88 Å². The number of Topliss-reactive ketones (excluding diaryl/α,β-unsaturated/α-hetero) is 1. The van der Waals surface area contributed by atoms with Crippen molar-refractivity contribution in [2.45, 2.75) is 39.2 Å². The molecule has 192 valence electrons. The third-order valence-electron chi connectivity index (χ3n) is 6.39. The van der Waals surface area contributed by atoms with Crippen LogP contribution in [0.3, 0.4) is 0 Å². The lowest BCUT2D eigenvalue weighted by molar-refractivity contribution is -0.142. The number of carbonyl (C=O) groups excluding carboxylic acids is 3. The van der Waals surface area contributed by atoms with Crippen molar-refractivity contribution in [3.63, 3.8) is 0 Å². The molecule has 4 rings (SSSR count). The molecule has 1 atom stereocenters. The van der Waals surface area contributed by atoms with Gasteiger partial charge in [0.1, 0.15) is 17.4 Å². The molecule has 1 aliphatic rings. The number of nitrogens with zero attached hydrogens (tertiary/aromatic N) is 1. The van der Waals surface area contributed by atoms with E-state index in [1.165, 1.54) is 29.9 Å². The largest absolute Gasteiger partial charge is 0.508 e. The maximum Gasteiger partial charge on any atom is 0.328 e. The van der Waals surface area contributed by atoms with E-state index in [9.17, 15) is 24.3 Å². The van der Waals surface area contributed by atoms with Gasteiger partial charge in [-0.05, 0) is 59.9 Å². The molecule has 1 unspecified atom stereocenters. The molecule has 0 fully saturated rings. The van der Waals surface area contributed by atoms with E-state index in [1.54, 1.807) is 36.4 Å². The number of aromatic nitrogens is 1. The number of fused-ring (bicyclic) bond motifs is 1. The number of hydrogen-bond acceptors (Lipinski definition) is 6. The molecule has 0 radical (unpaired) electrons. The lowest BCUT2D eigenvalue weighted by Gasteiger charge is -2.32. The average Bonchev–Trinajstić information content (AvgIpc) is 2.84. The van der Waals surface area contributed by atoms with Gasteiger partial charge in [0.05, 0.1) is 7.11 Å². The summed E-state index contributed by atoms with van der Waals surface area (Å²) in [5.74, 6) is -1.61. The number of carbonyl (C=O) groups is 3. The Kier molecular flexibility index (Phi) is 7.23. The number of pyridine rings is 1. The summed E-state index contributed by atoms with van der Waals surface area (Å²) < 4.78 is 6.24. The van der Waals surface area contributed by atoms with Crippen LogP contribution in [0.25, 0.3) is 5.69 Å². The number of amides is 1. The third kappa shape index (κ3) is 5.59. The molecule has 1 aromatic heterocycles. The maximum atomic E-state index is 13.7. The molecule has 2 aromatic carbocycles. The summed E-state index contributed by atoms with van der Waals surface area (Å²) in [5, 5.41) is 12.6. The second-order valence-corrected chi connectivity index (χ2v) is 10.3. The van der Waals surface area contributed by atoms with Crippen molar-refractivity contribution in [3.05, 3.63) is 92.4 Å². The Morgan fingerprint density at radius 2 is 1.73 bits per heavy atom. The molecule has 0 aliphatic heterocycles. The fourth-order valence-electron chi connectivity index (χ4n) is 4.58. The summed E-state index contributed by atoms with van der Waals surface area (Å²) in [6.07, 6.45) is 0.799. The molecular weight excluding hydrogens is 496 g/mol. The zero-order chi connectivity index (χ0) is 26.9. The number of halogens is 1. The van der Waals surface area contributed by atoms with Gasteiger partial charge in [-0.2, -0.15) is 0 Å². The van der Waals surface area contributed by atoms with E-state index in [0.717, 1.165) is 0 Å². The molecule has 8 nitrogen and oxygen atoms in total. The molecular formula is C28H27ClN2O6. The highest BCUT2D eigenvalue weighted by Crippen LogP contribution is 2.35. The number of rotatable bonds is 6. The average molecular weight is 523 g/mol. The van der Waals surface area contributed by atoms with Crippen LogP contribution < -0.4 is 10.9 Å². The maximum absolute atomic E-state index is 13.7. The molecule has 37 heavy (non-hydrogen) atoms. The third-order valence-corrected chi connectivity index (χ3v) is 6.64. The quantitative estimate of drug-likeness (QED) is 0.475. The predicted octanol–water partition coefficient (Wildman–Crippen LogP) is 3.87. The van der Waals surface area contributed by atoms with Crippen molar-refractivity contribution in [1.29, 1.82) is 0 Å². The van der Waals surface area contributed by atoms with E-state index in [2.05, 4.69) is 5.32 Å². The van der Waals surface area contributed by atoms with Crippen molar-refractivity contribution in [2.75, 3.05) is 7.11 Å². The summed E-state index contributed by atoms with van der Waals surface area (Å²) in [5.41, 5.74) is 0.716. The number of phenolic OH excluding ortho intramolecular Hbond substituents is 1. The van der Waals surface area contributed by atoms with Gasteiger partial charge in [-0.1, -0.05) is 37.6 Å². The van der Waals surface area contributed by atoms with Crippen LogP contribution in [0.5, 0.6) is 5.75 Å². The van der Waals surface area contributed by atoms with Gasteiger partial charge in [-0.3, -0.25) is 19.0 Å². The smallest absolute Gasteiger partial charge is 0.328 e. The first-order chi connectivity index (χ1) is 17.5. The van der Waals surface area contributed by atoms with Crippen LogP contribution in [0.2, 0.25) is 5.02 Å². The Morgan fingerprint density at radius 1 is 1.08 bits per heavy atom. The van der Waals surface area contributed by atoms with Crippen molar-refractivity contribution < 1.29 is 24.2 Å². The topological polar surface area (TPSA) is 115 Å². The molecule has 1 heterocycles. The van der Waals surface area contributed by atoms with E-state index < -0.39 is 23.5 Å². The lowest BCUT2D eigenvalue weighted by Crippen LogP contribution is -2.46. The Morgan fingerprint density at radius 3 is 2.35 bits per heavy atom. The molecule has 0 saturated heterocycles. The first-order valence-corrected chi connectivity index (χ1v) is 12.1. The summed E-state index contributed by atoms with van der Waals surface area (Å²) in [6, 6.07) is 12.9. The van der Waals surface area contributed by atoms with Crippen molar-refractivity contribution in [3.8, 4) is 11.4 Å². The Balaban J connectivity index is 1.78. The first-order valence-electron chi connectivity index (χ1n) is 11.7. The Labute approximate surface area is 218 Å². The van der Waals surface area contributed by atoms with Gasteiger partial charge in [-0.15, -0.1) is 0 Å². The minimum atomic E-state index is -1.10. The van der Waals surface area contributed by atoms with Gasteiger partial charge in [0.2, 0.25) is 0 Å². The van der Waals surface area contributed by atoms with E-state index in [0.29, 0.717) is 34.0 Å². The summed E-state index contributed by atoms with van der Waals surface area (Å²) in [7, 11) is 1.20. The van der Waals surface area contributed by atoms with E-state index in [4.69, 9.17) is 16.3 Å². The Bertz CT molecular complexity index is 1420. The number of nitrogens with one attached hydrogen (secondary N) is 1. The van der Waals surface area contributed by atoms with Crippen molar-refractivity contribution in [2.24, 2.45) is 5.41 Å². The van der Waals surface area contributed by atoms with Crippen LogP contribution in [0, 0.1) is 5.41 Å². The second kappa shape index (κ2) is 10.2. The monoisotopic (exact) mass is 522 g/mol.